The Hall–Kier alpha value is -1.09. The van der Waals surface area contributed by atoms with Crippen LogP contribution in [-0.2, 0) is 0 Å². The lowest BCUT2D eigenvalue weighted by Crippen LogP contribution is -2.43. The number of hydrogen-bond donors (Lipinski definition) is 2. The van der Waals surface area contributed by atoms with Crippen molar-refractivity contribution in [3.63, 3.8) is 0 Å². The van der Waals surface area contributed by atoms with Crippen LogP contribution in [0.2, 0.25) is 0 Å². The molecule has 0 bridgehead atoms. The Morgan fingerprint density at radius 2 is 2.17 bits per heavy atom. The monoisotopic (exact) mass is 450 g/mol. The molecule has 0 amide bonds. The van der Waals surface area contributed by atoms with Crippen molar-refractivity contribution in [2.75, 3.05) is 26.2 Å². The second-order valence-corrected chi connectivity index (χ2v) is 5.91. The van der Waals surface area contributed by atoms with Gasteiger partial charge in [0, 0.05) is 12.6 Å². The van der Waals surface area contributed by atoms with Crippen molar-refractivity contribution >= 4 is 29.9 Å². The first-order valence-electron chi connectivity index (χ1n) is 8.28. The zero-order chi connectivity index (χ0) is 16.7. The van der Waals surface area contributed by atoms with E-state index >= 15 is 0 Å². The molecule has 1 fully saturated rings. The van der Waals surface area contributed by atoms with Gasteiger partial charge in [-0.3, -0.25) is 4.90 Å². The number of hydrogen-bond acceptors (Lipinski definition) is 3. The van der Waals surface area contributed by atoms with Crippen LogP contribution >= 0.6 is 24.0 Å². The van der Waals surface area contributed by atoms with Crippen LogP contribution < -0.4 is 15.8 Å². The van der Waals surface area contributed by atoms with E-state index in [1.807, 2.05) is 6.92 Å². The van der Waals surface area contributed by atoms with Gasteiger partial charge in [-0.25, -0.2) is 9.38 Å². The number of likely N-dealkylation sites (tertiary alicyclic amines) is 1. The van der Waals surface area contributed by atoms with Crippen molar-refractivity contribution in [2.45, 2.75) is 38.8 Å². The normalized spacial score (nSPS) is 19.6. The summed E-state index contributed by atoms with van der Waals surface area (Å²) in [6.45, 7) is 7.63. The van der Waals surface area contributed by atoms with Crippen LogP contribution in [0.1, 0.15) is 26.7 Å². The number of guanidine groups is 1. The summed E-state index contributed by atoms with van der Waals surface area (Å²) >= 11 is 0. The molecule has 2 unspecified atom stereocenters. The van der Waals surface area contributed by atoms with E-state index in [4.69, 9.17) is 10.5 Å². The van der Waals surface area contributed by atoms with Crippen LogP contribution in [0, 0.1) is 5.82 Å². The van der Waals surface area contributed by atoms with Crippen LogP contribution in [0.15, 0.2) is 29.3 Å². The van der Waals surface area contributed by atoms with E-state index < -0.39 is 0 Å². The van der Waals surface area contributed by atoms with Gasteiger partial charge in [0.1, 0.15) is 17.7 Å². The van der Waals surface area contributed by atoms with Gasteiger partial charge in [-0.05, 0) is 57.1 Å². The first-order valence-corrected chi connectivity index (χ1v) is 8.28. The lowest BCUT2D eigenvalue weighted by Gasteiger charge is -2.23. The zero-order valence-electron chi connectivity index (χ0n) is 14.4. The Morgan fingerprint density at radius 1 is 1.46 bits per heavy atom. The molecular weight excluding hydrogens is 422 g/mol. The van der Waals surface area contributed by atoms with Crippen molar-refractivity contribution < 1.29 is 9.13 Å². The van der Waals surface area contributed by atoms with Crippen molar-refractivity contribution in [3.05, 3.63) is 30.1 Å². The van der Waals surface area contributed by atoms with Gasteiger partial charge >= 0.3 is 0 Å². The predicted molar refractivity (Wildman–Crippen MR) is 107 cm³/mol. The maximum Gasteiger partial charge on any atom is 0.188 e. The molecule has 136 valence electrons. The number of nitrogens with zero attached hydrogens (tertiary/aromatic N) is 2. The molecule has 7 heteroatoms. The van der Waals surface area contributed by atoms with Gasteiger partial charge in [0.15, 0.2) is 5.96 Å². The highest BCUT2D eigenvalue weighted by Crippen LogP contribution is 2.15. The summed E-state index contributed by atoms with van der Waals surface area (Å²) in [6, 6.07) is 6.51. The molecule has 2 rings (SSSR count). The van der Waals surface area contributed by atoms with Crippen molar-refractivity contribution in [1.29, 1.82) is 0 Å². The molecule has 3 N–H and O–H groups in total. The lowest BCUT2D eigenvalue weighted by molar-refractivity contribution is 0.230. The Bertz CT molecular complexity index is 512. The smallest absolute Gasteiger partial charge is 0.188 e. The summed E-state index contributed by atoms with van der Waals surface area (Å²) in [5.41, 5.74) is 5.92. The van der Waals surface area contributed by atoms with Crippen LogP contribution in [0.3, 0.4) is 0 Å². The highest BCUT2D eigenvalue weighted by atomic mass is 127. The molecule has 5 nitrogen and oxygen atoms in total. The van der Waals surface area contributed by atoms with E-state index in [1.54, 1.807) is 12.1 Å². The number of nitrogens with one attached hydrogen (secondary N) is 1. The minimum atomic E-state index is -0.274. The first kappa shape index (κ1) is 21.0. The largest absolute Gasteiger partial charge is 0.489 e. The van der Waals surface area contributed by atoms with Gasteiger partial charge < -0.3 is 15.8 Å². The minimum absolute atomic E-state index is 0. The average molecular weight is 450 g/mol. The summed E-state index contributed by atoms with van der Waals surface area (Å²) in [5.74, 6) is 0.803. The molecule has 1 heterocycles. The minimum Gasteiger partial charge on any atom is -0.489 e. The highest BCUT2D eigenvalue weighted by Gasteiger charge is 2.22. The van der Waals surface area contributed by atoms with E-state index in [2.05, 4.69) is 22.1 Å². The predicted octanol–water partition coefficient (Wildman–Crippen LogP) is 2.60. The van der Waals surface area contributed by atoms with Gasteiger partial charge in [0.25, 0.3) is 0 Å². The third kappa shape index (κ3) is 6.80. The number of benzene rings is 1. The van der Waals surface area contributed by atoms with Crippen LogP contribution in [-0.4, -0.2) is 49.2 Å². The Kier molecular flexibility index (Phi) is 9.35. The number of halogens is 2. The summed E-state index contributed by atoms with van der Waals surface area (Å²) in [4.78, 5) is 6.77. The molecule has 1 aliphatic rings. The van der Waals surface area contributed by atoms with E-state index in [0.29, 0.717) is 24.3 Å². The van der Waals surface area contributed by atoms with Crippen molar-refractivity contribution in [2.24, 2.45) is 10.7 Å². The average Bonchev–Trinajstić information content (AvgIpc) is 3.00. The quantitative estimate of drug-likeness (QED) is 0.381. The molecular formula is C17H28FIN4O. The van der Waals surface area contributed by atoms with Crippen LogP contribution in [0.5, 0.6) is 5.75 Å². The molecule has 2 atom stereocenters. The topological polar surface area (TPSA) is 62.9 Å². The summed E-state index contributed by atoms with van der Waals surface area (Å²) in [5, 5.41) is 3.20. The van der Waals surface area contributed by atoms with E-state index in [0.717, 1.165) is 13.1 Å². The van der Waals surface area contributed by atoms with Gasteiger partial charge in [-0.2, -0.15) is 0 Å². The second-order valence-electron chi connectivity index (χ2n) is 5.91. The van der Waals surface area contributed by atoms with Crippen molar-refractivity contribution in [1.82, 2.24) is 10.2 Å². The summed E-state index contributed by atoms with van der Waals surface area (Å²) in [6.07, 6.45) is 2.33. The molecule has 0 spiro atoms. The van der Waals surface area contributed by atoms with E-state index in [-0.39, 0.29) is 35.9 Å². The maximum absolute atomic E-state index is 12.8. The highest BCUT2D eigenvalue weighted by molar-refractivity contribution is 14.0. The van der Waals surface area contributed by atoms with Gasteiger partial charge in [0.05, 0.1) is 6.54 Å². The molecule has 1 saturated heterocycles. The SMILES string of the molecule is CCN1CCCC1CNC(N)=NCC(C)Oc1ccc(F)cc1.I. The van der Waals surface area contributed by atoms with Crippen molar-refractivity contribution in [3.8, 4) is 5.75 Å². The zero-order valence-corrected chi connectivity index (χ0v) is 16.7. The fourth-order valence-corrected chi connectivity index (χ4v) is 2.83. The number of likely N-dealkylation sites (N-methyl/N-ethyl adjacent to an activating group) is 1. The molecule has 1 aliphatic heterocycles. The lowest BCUT2D eigenvalue weighted by atomic mass is 10.2. The van der Waals surface area contributed by atoms with Gasteiger partial charge in [-0.15, -0.1) is 24.0 Å². The third-order valence-electron chi connectivity index (χ3n) is 4.09. The fourth-order valence-electron chi connectivity index (χ4n) is 2.83. The van der Waals surface area contributed by atoms with Gasteiger partial charge in [-0.1, -0.05) is 6.92 Å². The van der Waals surface area contributed by atoms with Crippen LogP contribution in [0.4, 0.5) is 4.39 Å². The number of aliphatic imine (C=N–C) groups is 1. The summed E-state index contributed by atoms with van der Waals surface area (Å²) in [7, 11) is 0. The van der Waals surface area contributed by atoms with E-state index in [1.165, 1.54) is 31.5 Å². The number of nitrogens with two attached hydrogens (primary N) is 1. The second kappa shape index (κ2) is 10.7. The molecule has 1 aromatic carbocycles. The molecule has 1 aromatic rings. The third-order valence-corrected chi connectivity index (χ3v) is 4.09. The maximum atomic E-state index is 12.8. The first-order chi connectivity index (χ1) is 11.1. The fraction of sp³-hybridized carbons (Fsp3) is 0.588. The van der Waals surface area contributed by atoms with Gasteiger partial charge in [0.2, 0.25) is 0 Å². The number of rotatable bonds is 7. The molecule has 24 heavy (non-hydrogen) atoms. The molecule has 0 aromatic heterocycles. The Balaban J connectivity index is 0.00000288. The summed E-state index contributed by atoms with van der Waals surface area (Å²) < 4.78 is 18.5. The Morgan fingerprint density at radius 3 is 2.83 bits per heavy atom. The standard InChI is InChI=1S/C17H27FN4O.HI/c1-3-22-10-4-5-15(22)12-21-17(19)20-11-13(2)23-16-8-6-14(18)7-9-16;/h6-9,13,15H,3-5,10-12H2,1-2H3,(H3,19,20,21);1H. The molecule has 0 aliphatic carbocycles. The van der Waals surface area contributed by atoms with E-state index in [9.17, 15) is 4.39 Å². The number of ether oxygens (including phenoxy) is 1. The Labute approximate surface area is 160 Å². The molecule has 0 radical (unpaired) electrons. The van der Waals surface area contributed by atoms with Crippen LogP contribution in [0.25, 0.3) is 0 Å². The molecule has 0 saturated carbocycles.